The van der Waals surface area contributed by atoms with Crippen molar-refractivity contribution in [3.05, 3.63) is 79.7 Å². The number of imidazole rings is 1. The molecule has 0 aliphatic heterocycles. The number of nitrogens with zero attached hydrogens (tertiary/aromatic N) is 5. The van der Waals surface area contributed by atoms with Gasteiger partial charge in [0.2, 0.25) is 5.88 Å². The Balaban J connectivity index is 1.41. The van der Waals surface area contributed by atoms with Gasteiger partial charge in [-0.1, -0.05) is 24.3 Å². The van der Waals surface area contributed by atoms with E-state index in [0.717, 1.165) is 34.7 Å². The van der Waals surface area contributed by atoms with Crippen LogP contribution < -0.4 is 21.7 Å². The van der Waals surface area contributed by atoms with Crippen LogP contribution in [0.15, 0.2) is 46.3 Å². The molecule has 0 atom stereocenters. The minimum absolute atomic E-state index is 0.235. The number of fused-ring (bicyclic) bond motifs is 1. The number of aryl methyl sites for hydroxylation is 2. The van der Waals surface area contributed by atoms with Gasteiger partial charge >= 0.3 is 5.69 Å². The van der Waals surface area contributed by atoms with Crippen molar-refractivity contribution >= 4 is 28.9 Å². The number of benzene rings is 1. The molecule has 5 aromatic rings. The van der Waals surface area contributed by atoms with Crippen LogP contribution in [0.4, 0.5) is 5.82 Å². The van der Waals surface area contributed by atoms with Crippen LogP contribution in [0.2, 0.25) is 0 Å². The van der Waals surface area contributed by atoms with Crippen LogP contribution in [0, 0.1) is 13.8 Å². The maximum absolute atomic E-state index is 11.6. The topological polar surface area (TPSA) is 136 Å². The van der Waals surface area contributed by atoms with Crippen molar-refractivity contribution in [2.75, 3.05) is 5.32 Å². The summed E-state index contributed by atoms with van der Waals surface area (Å²) in [5.74, 6) is 0.428. The molecule has 11 heteroatoms. The highest BCUT2D eigenvalue weighted by Crippen LogP contribution is 2.32. The van der Waals surface area contributed by atoms with Crippen LogP contribution in [0.3, 0.4) is 0 Å². The summed E-state index contributed by atoms with van der Waals surface area (Å²) < 4.78 is 1.69. The van der Waals surface area contributed by atoms with Gasteiger partial charge in [0.1, 0.15) is 11.5 Å². The van der Waals surface area contributed by atoms with Crippen LogP contribution >= 0.6 is 11.3 Å². The van der Waals surface area contributed by atoms with Gasteiger partial charge in [-0.25, -0.2) is 14.8 Å². The molecule has 36 heavy (non-hydrogen) atoms. The summed E-state index contributed by atoms with van der Waals surface area (Å²) in [4.78, 5) is 31.8. The van der Waals surface area contributed by atoms with Crippen LogP contribution in [-0.4, -0.2) is 40.7 Å². The Morgan fingerprint density at radius 1 is 1.25 bits per heavy atom. The molecule has 1 aromatic carbocycles. The standard InChI is InChI=1S/C25H24N8O2S/c1-13-22(36-14(2)28-13)18-6-4-3-5-15(18)11-26-20-10-21(29-17-7-8-17)33-23(31-20)16(12-27-33)9-19-24(34)32-25(35)30-19/h3-6,9-10,12,17,26,34H,7-8,11H2,1-2H3,(H2,30,32,35). The van der Waals surface area contributed by atoms with Crippen LogP contribution in [0.1, 0.15) is 34.8 Å². The van der Waals surface area contributed by atoms with Gasteiger partial charge in [0.25, 0.3) is 0 Å². The summed E-state index contributed by atoms with van der Waals surface area (Å²) in [5.41, 5.74) is 4.38. The van der Waals surface area contributed by atoms with Crippen molar-refractivity contribution in [1.29, 1.82) is 0 Å². The Morgan fingerprint density at radius 3 is 2.81 bits per heavy atom. The van der Waals surface area contributed by atoms with E-state index in [2.05, 4.69) is 37.5 Å². The third kappa shape index (κ3) is 4.29. The molecule has 0 amide bonds. The number of hydrogen-bond donors (Lipinski definition) is 4. The number of rotatable bonds is 6. The van der Waals surface area contributed by atoms with Crippen LogP contribution in [-0.2, 0) is 6.54 Å². The highest BCUT2D eigenvalue weighted by Gasteiger charge is 2.20. The second kappa shape index (κ2) is 8.76. The van der Waals surface area contributed by atoms with Crippen molar-refractivity contribution in [1.82, 2.24) is 29.5 Å². The van der Waals surface area contributed by atoms with E-state index < -0.39 is 5.69 Å². The molecule has 1 aliphatic rings. The second-order valence-corrected chi connectivity index (χ2v) is 10.0. The monoisotopic (exact) mass is 500 g/mol. The first-order valence-corrected chi connectivity index (χ1v) is 12.5. The minimum atomic E-state index is -0.486. The van der Waals surface area contributed by atoms with E-state index in [4.69, 9.17) is 9.98 Å². The van der Waals surface area contributed by atoms with E-state index >= 15 is 0 Å². The third-order valence-corrected chi connectivity index (χ3v) is 7.11. The summed E-state index contributed by atoms with van der Waals surface area (Å²) in [6.45, 7) is 4.63. The van der Waals surface area contributed by atoms with Crippen molar-refractivity contribution in [2.45, 2.75) is 39.3 Å². The van der Waals surface area contributed by atoms with Crippen LogP contribution in [0.5, 0.6) is 5.88 Å². The van der Waals surface area contributed by atoms with E-state index in [-0.39, 0.29) is 11.6 Å². The molecule has 1 aliphatic carbocycles. The van der Waals surface area contributed by atoms with Gasteiger partial charge in [-0.15, -0.1) is 11.3 Å². The van der Waals surface area contributed by atoms with Gasteiger partial charge in [-0.3, -0.25) is 9.98 Å². The predicted molar refractivity (Wildman–Crippen MR) is 138 cm³/mol. The smallest absolute Gasteiger partial charge is 0.326 e. The van der Waals surface area contributed by atoms with Gasteiger partial charge < -0.3 is 15.4 Å². The minimum Gasteiger partial charge on any atom is -0.493 e. The average Bonchev–Trinajstić information content (AvgIpc) is 3.35. The lowest BCUT2D eigenvalue weighted by Crippen LogP contribution is -2.20. The number of aromatic nitrogens is 6. The van der Waals surface area contributed by atoms with Crippen molar-refractivity contribution < 1.29 is 5.11 Å². The Kier molecular flexibility index (Phi) is 5.41. The number of aromatic amines is 2. The molecule has 0 radical (unpaired) electrons. The Bertz CT molecular complexity index is 1770. The molecule has 10 nitrogen and oxygen atoms in total. The molecule has 1 saturated carbocycles. The molecule has 0 bridgehead atoms. The van der Waals surface area contributed by atoms with Crippen molar-refractivity contribution in [3.63, 3.8) is 0 Å². The number of aromatic hydroxyl groups is 1. The fraction of sp³-hybridized carbons (Fsp3) is 0.240. The van der Waals surface area contributed by atoms with E-state index in [1.54, 1.807) is 28.1 Å². The molecule has 4 N–H and O–H groups in total. The van der Waals surface area contributed by atoms with Crippen LogP contribution in [0.25, 0.3) is 22.2 Å². The number of nitrogens with one attached hydrogen (secondary N) is 3. The lowest BCUT2D eigenvalue weighted by Gasteiger charge is -2.11. The number of anilines is 1. The molecule has 1 fully saturated rings. The Morgan fingerprint density at radius 2 is 2.08 bits per heavy atom. The predicted octanol–water partition coefficient (Wildman–Crippen LogP) is 2.41. The van der Waals surface area contributed by atoms with Gasteiger partial charge in [0.15, 0.2) is 11.1 Å². The molecule has 0 unspecified atom stereocenters. The van der Waals surface area contributed by atoms with Gasteiger partial charge in [-0.05, 0) is 43.9 Å². The summed E-state index contributed by atoms with van der Waals surface area (Å²) in [6.07, 6.45) is 5.41. The summed E-state index contributed by atoms with van der Waals surface area (Å²) in [7, 11) is 0. The summed E-state index contributed by atoms with van der Waals surface area (Å²) in [6, 6.07) is 10.5. The van der Waals surface area contributed by atoms with E-state index in [0.29, 0.717) is 34.8 Å². The highest BCUT2D eigenvalue weighted by molar-refractivity contribution is 7.15. The molecule has 0 saturated heterocycles. The quantitative estimate of drug-likeness (QED) is 0.283. The first-order valence-electron chi connectivity index (χ1n) is 11.7. The molecular formula is C25H24N8O2S. The van der Waals surface area contributed by atoms with Gasteiger partial charge in [0.05, 0.1) is 27.8 Å². The zero-order valence-corrected chi connectivity index (χ0v) is 20.6. The van der Waals surface area contributed by atoms with Gasteiger partial charge in [0, 0.05) is 17.8 Å². The fourth-order valence-electron chi connectivity index (χ4n) is 4.15. The highest BCUT2D eigenvalue weighted by atomic mass is 32.1. The SMILES string of the molecule is Cc1nc(C)c(-c2ccccc2CNc2cc(=NC3CC3)n3ncc(=Cc4[nH]c(=O)[nH]c4O)c3n2)s1. The maximum Gasteiger partial charge on any atom is 0.326 e. The van der Waals surface area contributed by atoms with E-state index in [1.807, 2.05) is 32.0 Å². The molecule has 6 rings (SSSR count). The molecule has 0 spiro atoms. The second-order valence-electron chi connectivity index (χ2n) is 8.84. The number of thiazole rings is 1. The lowest BCUT2D eigenvalue weighted by atomic mass is 10.1. The number of H-pyrrole nitrogens is 2. The number of hydrogen-bond acceptors (Lipinski definition) is 8. The normalized spacial score (nSPS) is 14.7. The Labute approximate surface area is 209 Å². The first kappa shape index (κ1) is 22.2. The van der Waals surface area contributed by atoms with Crippen molar-refractivity contribution in [2.24, 2.45) is 4.99 Å². The average molecular weight is 501 g/mol. The first-order chi connectivity index (χ1) is 17.4. The maximum atomic E-state index is 11.6. The zero-order valence-electron chi connectivity index (χ0n) is 19.7. The largest absolute Gasteiger partial charge is 0.493 e. The Hall–Kier alpha value is -4.25. The fourth-order valence-corrected chi connectivity index (χ4v) is 5.13. The lowest BCUT2D eigenvalue weighted by molar-refractivity contribution is 0.454. The van der Waals surface area contributed by atoms with Gasteiger partial charge in [-0.2, -0.15) is 9.61 Å². The summed E-state index contributed by atoms with van der Waals surface area (Å²) >= 11 is 1.69. The third-order valence-electron chi connectivity index (χ3n) is 6.00. The molecule has 4 heterocycles. The van der Waals surface area contributed by atoms with E-state index in [1.165, 1.54) is 4.88 Å². The molecular weight excluding hydrogens is 476 g/mol. The molecule has 4 aromatic heterocycles. The molecule has 182 valence electrons. The van der Waals surface area contributed by atoms with Crippen molar-refractivity contribution in [3.8, 4) is 16.3 Å². The zero-order chi connectivity index (χ0) is 24.8. The van der Waals surface area contributed by atoms with E-state index in [9.17, 15) is 9.90 Å². The summed E-state index contributed by atoms with van der Waals surface area (Å²) in [5, 5.41) is 19.6.